The van der Waals surface area contributed by atoms with E-state index in [1.807, 2.05) is 17.2 Å². The number of nitrogens with zero attached hydrogens (tertiary/aromatic N) is 4. The molecule has 3 saturated carbocycles. The van der Waals surface area contributed by atoms with Crippen molar-refractivity contribution in [3.05, 3.63) is 41.8 Å². The van der Waals surface area contributed by atoms with Crippen molar-refractivity contribution in [2.75, 3.05) is 0 Å². The summed E-state index contributed by atoms with van der Waals surface area (Å²) >= 11 is 0. The van der Waals surface area contributed by atoms with Gasteiger partial charge in [-0.15, -0.1) is 0 Å². The van der Waals surface area contributed by atoms with Crippen molar-refractivity contribution in [2.45, 2.75) is 112 Å². The SMILES string of the molecule is CC1(C)CC[C@]2(Cn3cncn3)CC[C@]3(C)[C@H](C(=O)C=C4[C@@]5(C)Cc6cnoc6C(C)(C)[C@@H]5CC[C@]43C)[C@@H]2C1. The van der Waals surface area contributed by atoms with Gasteiger partial charge in [-0.05, 0) is 96.4 Å². The van der Waals surface area contributed by atoms with Gasteiger partial charge in [0.05, 0.1) is 6.20 Å². The third kappa shape index (κ3) is 3.21. The molecule has 7 rings (SSSR count). The van der Waals surface area contributed by atoms with Gasteiger partial charge in [0.1, 0.15) is 18.4 Å². The van der Waals surface area contributed by atoms with Gasteiger partial charge in [-0.25, -0.2) is 4.98 Å². The van der Waals surface area contributed by atoms with E-state index in [-0.39, 0.29) is 38.4 Å². The Bertz CT molecular complexity index is 1350. The first-order valence-electron chi connectivity index (χ1n) is 15.3. The molecular weight excluding hydrogens is 484 g/mol. The highest BCUT2D eigenvalue weighted by Crippen LogP contribution is 2.74. The van der Waals surface area contributed by atoms with Crippen molar-refractivity contribution < 1.29 is 9.32 Å². The van der Waals surface area contributed by atoms with Gasteiger partial charge in [0.2, 0.25) is 0 Å². The highest BCUT2D eigenvalue weighted by molar-refractivity contribution is 5.95. The molecule has 6 nitrogen and oxygen atoms in total. The Morgan fingerprint density at radius 2 is 1.79 bits per heavy atom. The zero-order chi connectivity index (χ0) is 27.6. The van der Waals surface area contributed by atoms with Crippen molar-refractivity contribution >= 4 is 5.78 Å². The maximum absolute atomic E-state index is 14.7. The molecule has 5 aliphatic carbocycles. The predicted octanol–water partition coefficient (Wildman–Crippen LogP) is 6.96. The van der Waals surface area contributed by atoms with E-state index in [1.54, 1.807) is 6.33 Å². The van der Waals surface area contributed by atoms with Crippen molar-refractivity contribution in [1.82, 2.24) is 19.9 Å². The Hall–Kier alpha value is -2.24. The number of hydrogen-bond acceptors (Lipinski definition) is 5. The van der Waals surface area contributed by atoms with Crippen LogP contribution in [-0.2, 0) is 23.2 Å². The maximum atomic E-state index is 14.7. The Morgan fingerprint density at radius 1 is 1.03 bits per heavy atom. The van der Waals surface area contributed by atoms with Crippen LogP contribution >= 0.6 is 0 Å². The lowest BCUT2D eigenvalue weighted by molar-refractivity contribution is -0.174. The van der Waals surface area contributed by atoms with E-state index in [0.717, 1.165) is 50.8 Å². The zero-order valence-electron chi connectivity index (χ0n) is 25.0. The van der Waals surface area contributed by atoms with E-state index >= 15 is 0 Å². The van der Waals surface area contributed by atoms with E-state index < -0.39 is 0 Å². The van der Waals surface area contributed by atoms with Gasteiger partial charge in [0.25, 0.3) is 0 Å². The standard InChI is InChI=1S/C33H46N4O2/c1-28(2)10-12-33(18-37-20-34-19-35-37)13-11-32(7)26(22(33)16-28)23(38)14-25-30(5)15-21-17-36-39-27(21)29(3,4)24(30)8-9-31(25,32)6/h14,17,19-20,22,24,26H,8-13,15-16,18H2,1-7H3/t22-,24-,26-,30-,31+,32+,33+/m0/s1. The number of aromatic nitrogens is 4. The lowest BCUT2D eigenvalue weighted by Crippen LogP contribution is -2.65. The molecule has 2 aromatic heterocycles. The summed E-state index contributed by atoms with van der Waals surface area (Å²) in [7, 11) is 0. The number of carbonyl (C=O) groups is 1. The third-order valence-corrected chi connectivity index (χ3v) is 13.5. The van der Waals surface area contributed by atoms with Crippen LogP contribution in [0.1, 0.15) is 105 Å². The van der Waals surface area contributed by atoms with Crippen molar-refractivity contribution in [2.24, 2.45) is 44.8 Å². The van der Waals surface area contributed by atoms with Crippen LogP contribution in [0.3, 0.4) is 0 Å². The molecule has 210 valence electrons. The van der Waals surface area contributed by atoms with Gasteiger partial charge < -0.3 is 4.52 Å². The minimum absolute atomic E-state index is 0.00256. The van der Waals surface area contributed by atoms with E-state index in [0.29, 0.717) is 17.6 Å². The van der Waals surface area contributed by atoms with Crippen LogP contribution in [0.15, 0.2) is 35.0 Å². The number of carbonyl (C=O) groups excluding carboxylic acids is 1. The number of rotatable bonds is 2. The summed E-state index contributed by atoms with van der Waals surface area (Å²) in [5, 5.41) is 8.76. The summed E-state index contributed by atoms with van der Waals surface area (Å²) in [5.74, 6) is 2.31. The lowest BCUT2D eigenvalue weighted by atomic mass is 9.34. The van der Waals surface area contributed by atoms with Crippen LogP contribution in [0.25, 0.3) is 0 Å². The largest absolute Gasteiger partial charge is 0.361 e. The fourth-order valence-corrected chi connectivity index (χ4v) is 11.3. The molecule has 0 N–H and O–H groups in total. The molecule has 2 heterocycles. The molecule has 6 heteroatoms. The van der Waals surface area contributed by atoms with Gasteiger partial charge in [-0.1, -0.05) is 59.2 Å². The predicted molar refractivity (Wildman–Crippen MR) is 150 cm³/mol. The fourth-order valence-electron chi connectivity index (χ4n) is 11.3. The average molecular weight is 531 g/mol. The second-order valence-corrected chi connectivity index (χ2v) is 16.2. The van der Waals surface area contributed by atoms with E-state index in [2.05, 4.69) is 69.8 Å². The minimum Gasteiger partial charge on any atom is -0.361 e. The first-order chi connectivity index (χ1) is 18.3. The van der Waals surface area contributed by atoms with Crippen molar-refractivity contribution in [3.63, 3.8) is 0 Å². The highest BCUT2D eigenvalue weighted by Gasteiger charge is 2.70. The van der Waals surface area contributed by atoms with Gasteiger partial charge >= 0.3 is 0 Å². The molecule has 0 aromatic carbocycles. The number of allylic oxidation sites excluding steroid dienone is 2. The van der Waals surface area contributed by atoms with Crippen LogP contribution in [0, 0.1) is 44.8 Å². The van der Waals surface area contributed by atoms with E-state index in [1.165, 1.54) is 24.0 Å². The smallest absolute Gasteiger partial charge is 0.159 e. The maximum Gasteiger partial charge on any atom is 0.159 e. The Morgan fingerprint density at radius 3 is 2.54 bits per heavy atom. The topological polar surface area (TPSA) is 73.8 Å². The van der Waals surface area contributed by atoms with Gasteiger partial charge in [-0.3, -0.25) is 9.48 Å². The molecule has 0 aliphatic heterocycles. The van der Waals surface area contributed by atoms with Crippen LogP contribution < -0.4 is 0 Å². The lowest BCUT2D eigenvalue weighted by Gasteiger charge is -2.69. The normalized spacial score (nSPS) is 43.8. The second kappa shape index (κ2) is 7.73. The number of fused-ring (bicyclic) bond motifs is 8. The molecule has 2 aromatic rings. The van der Waals surface area contributed by atoms with Gasteiger partial charge in [-0.2, -0.15) is 5.10 Å². The van der Waals surface area contributed by atoms with Crippen LogP contribution in [-0.4, -0.2) is 25.7 Å². The van der Waals surface area contributed by atoms with Gasteiger partial charge in [0, 0.05) is 23.4 Å². The van der Waals surface area contributed by atoms with Crippen molar-refractivity contribution in [1.29, 1.82) is 0 Å². The van der Waals surface area contributed by atoms with Crippen LogP contribution in [0.5, 0.6) is 0 Å². The Kier molecular flexibility index (Phi) is 5.10. The first-order valence-corrected chi connectivity index (χ1v) is 15.3. The molecule has 0 unspecified atom stereocenters. The molecule has 7 atom stereocenters. The third-order valence-electron chi connectivity index (χ3n) is 13.5. The average Bonchev–Trinajstić information content (AvgIpc) is 3.53. The molecule has 3 fully saturated rings. The summed E-state index contributed by atoms with van der Waals surface area (Å²) < 4.78 is 7.88. The zero-order valence-corrected chi connectivity index (χ0v) is 25.0. The Labute approximate surface area is 233 Å². The minimum atomic E-state index is -0.102. The highest BCUT2D eigenvalue weighted by atomic mass is 16.5. The number of ketones is 1. The molecule has 0 radical (unpaired) electrons. The molecule has 0 spiro atoms. The summed E-state index contributed by atoms with van der Waals surface area (Å²) in [6.45, 7) is 17.9. The van der Waals surface area contributed by atoms with Crippen molar-refractivity contribution in [3.8, 4) is 0 Å². The van der Waals surface area contributed by atoms with Crippen LogP contribution in [0.4, 0.5) is 0 Å². The molecular formula is C33H46N4O2. The molecule has 5 aliphatic rings. The first kappa shape index (κ1) is 25.7. The van der Waals surface area contributed by atoms with Crippen LogP contribution in [0.2, 0.25) is 0 Å². The van der Waals surface area contributed by atoms with E-state index in [9.17, 15) is 4.79 Å². The summed E-state index contributed by atoms with van der Waals surface area (Å²) in [5.41, 5.74) is 2.79. The Balaban J connectivity index is 1.36. The quantitative estimate of drug-likeness (QED) is 0.420. The number of hydrogen-bond donors (Lipinski definition) is 0. The molecule has 0 amide bonds. The monoisotopic (exact) mass is 530 g/mol. The molecule has 0 saturated heterocycles. The molecule has 39 heavy (non-hydrogen) atoms. The second-order valence-electron chi connectivity index (χ2n) is 16.2. The summed E-state index contributed by atoms with van der Waals surface area (Å²) in [6.07, 6.45) is 16.6. The summed E-state index contributed by atoms with van der Waals surface area (Å²) in [6, 6.07) is 0. The van der Waals surface area contributed by atoms with E-state index in [4.69, 9.17) is 4.52 Å². The van der Waals surface area contributed by atoms with Gasteiger partial charge in [0.15, 0.2) is 5.78 Å². The fraction of sp³-hybridized carbons (Fsp3) is 0.758. The molecule has 0 bridgehead atoms. The summed E-state index contributed by atoms with van der Waals surface area (Å²) in [4.78, 5) is 18.9.